The van der Waals surface area contributed by atoms with E-state index in [1.165, 1.54) is 0 Å². The van der Waals surface area contributed by atoms with Crippen LogP contribution < -0.4 is 15.5 Å². The molecule has 0 spiro atoms. The molecule has 244 valence electrons. The molecule has 0 bridgehead atoms. The van der Waals surface area contributed by atoms with Gasteiger partial charge in [-0.15, -0.1) is 0 Å². The number of hydroxylamine groups is 1. The van der Waals surface area contributed by atoms with E-state index in [1.807, 2.05) is 23.7 Å². The molecule has 13 heteroatoms. The Morgan fingerprint density at radius 1 is 1.09 bits per heavy atom. The normalized spacial score (nSPS) is 18.1. The average molecular weight is 632 g/mol. The van der Waals surface area contributed by atoms with Crippen molar-refractivity contribution < 1.29 is 37.8 Å². The van der Waals surface area contributed by atoms with E-state index in [0.717, 1.165) is 35.1 Å². The molecular weight excluding hydrogens is 591 g/mol. The molecule has 1 amide bonds. The van der Waals surface area contributed by atoms with Crippen LogP contribution in [0.1, 0.15) is 42.9 Å². The van der Waals surface area contributed by atoms with Crippen LogP contribution in [0.25, 0.3) is 10.9 Å². The van der Waals surface area contributed by atoms with Gasteiger partial charge in [0.25, 0.3) is 0 Å². The number of aliphatic hydroxyl groups is 1. The smallest absolute Gasteiger partial charge is 0.249 e. The maximum atomic E-state index is 14.0. The number of morpholine rings is 1. The van der Waals surface area contributed by atoms with E-state index in [4.69, 9.17) is 9.47 Å². The minimum atomic E-state index is -1.00. The second kappa shape index (κ2) is 14.7. The van der Waals surface area contributed by atoms with E-state index in [0.29, 0.717) is 76.5 Å². The SMILES string of the molecule is COc1ccc2ncc(CN3CCOCC3)c(C(O)CCC3(C(=O)NO)CCN(CCNc4c(F)cc(F)cc4F)CC3)c2c1. The molecule has 1 aromatic heterocycles. The molecule has 0 aliphatic carbocycles. The zero-order chi connectivity index (χ0) is 32.0. The second-order valence-electron chi connectivity index (χ2n) is 11.8. The standard InChI is InChI=1S/C32H40F3N5O5/c1-44-23-2-3-27-24(18-23)29(21(19-37-27)20-40-12-14-45-15-13-40)28(41)4-5-32(31(42)38-43)6-9-39(10-7-32)11-8-36-30-25(34)16-22(33)17-26(30)35/h2-3,16-19,28,36,41,43H,4-15,20H2,1H3,(H,38,42). The quantitative estimate of drug-likeness (QED) is 0.174. The van der Waals surface area contributed by atoms with Gasteiger partial charge in [-0.25, -0.2) is 18.7 Å². The zero-order valence-corrected chi connectivity index (χ0v) is 25.3. The number of fused-ring (bicyclic) bond motifs is 1. The molecule has 5 rings (SSSR count). The summed E-state index contributed by atoms with van der Waals surface area (Å²) in [5, 5.41) is 24.8. The number of likely N-dealkylation sites (tertiary alicyclic amines) is 1. The van der Waals surface area contributed by atoms with Crippen LogP contribution in [0.5, 0.6) is 5.75 Å². The minimum Gasteiger partial charge on any atom is -0.497 e. The number of piperidine rings is 1. The molecule has 45 heavy (non-hydrogen) atoms. The Kier molecular flexibility index (Phi) is 10.8. The van der Waals surface area contributed by atoms with Gasteiger partial charge >= 0.3 is 0 Å². The summed E-state index contributed by atoms with van der Waals surface area (Å²) in [6, 6.07) is 6.80. The van der Waals surface area contributed by atoms with Crippen molar-refractivity contribution in [3.05, 3.63) is 65.1 Å². The number of amides is 1. The number of hydrogen-bond acceptors (Lipinski definition) is 9. The van der Waals surface area contributed by atoms with Crippen molar-refractivity contribution in [1.29, 1.82) is 0 Å². The molecule has 2 aromatic carbocycles. The highest BCUT2D eigenvalue weighted by Gasteiger charge is 2.41. The van der Waals surface area contributed by atoms with Crippen molar-refractivity contribution in [2.45, 2.75) is 38.3 Å². The molecule has 3 aromatic rings. The van der Waals surface area contributed by atoms with Gasteiger partial charge in [-0.1, -0.05) is 0 Å². The first-order valence-corrected chi connectivity index (χ1v) is 15.2. The first-order chi connectivity index (χ1) is 21.7. The van der Waals surface area contributed by atoms with Crippen LogP contribution in [0, 0.1) is 22.9 Å². The predicted molar refractivity (Wildman–Crippen MR) is 161 cm³/mol. The van der Waals surface area contributed by atoms with E-state index >= 15 is 0 Å². The Labute approximate surface area is 260 Å². The lowest BCUT2D eigenvalue weighted by Gasteiger charge is -2.40. The minimum absolute atomic E-state index is 0.210. The van der Waals surface area contributed by atoms with E-state index in [2.05, 4.69) is 20.1 Å². The van der Waals surface area contributed by atoms with Gasteiger partial charge in [-0.3, -0.25) is 19.9 Å². The molecule has 2 aliphatic rings. The topological polar surface area (TPSA) is 119 Å². The van der Waals surface area contributed by atoms with Crippen molar-refractivity contribution >= 4 is 22.5 Å². The number of anilines is 1. The van der Waals surface area contributed by atoms with E-state index < -0.39 is 34.9 Å². The number of benzene rings is 2. The molecule has 1 unspecified atom stereocenters. The lowest BCUT2D eigenvalue weighted by molar-refractivity contribution is -0.143. The summed E-state index contributed by atoms with van der Waals surface area (Å²) in [7, 11) is 1.58. The third-order valence-corrected chi connectivity index (χ3v) is 9.06. The molecular formula is C32H40F3N5O5. The second-order valence-corrected chi connectivity index (χ2v) is 11.8. The fraction of sp³-hybridized carbons (Fsp3) is 0.500. The number of ether oxygens (including phenoxy) is 2. The Morgan fingerprint density at radius 2 is 1.80 bits per heavy atom. The maximum Gasteiger partial charge on any atom is 0.249 e. The van der Waals surface area contributed by atoms with Gasteiger partial charge in [-0.05, 0) is 68.1 Å². The van der Waals surface area contributed by atoms with Crippen molar-refractivity contribution in [3.8, 4) is 5.75 Å². The van der Waals surface area contributed by atoms with Gasteiger partial charge in [0.1, 0.15) is 17.3 Å². The number of rotatable bonds is 12. The first kappa shape index (κ1) is 32.9. The number of nitrogens with one attached hydrogen (secondary N) is 2. The predicted octanol–water partition coefficient (Wildman–Crippen LogP) is 4.01. The van der Waals surface area contributed by atoms with Crippen molar-refractivity contribution in [2.75, 3.05) is 64.9 Å². The summed E-state index contributed by atoms with van der Waals surface area (Å²) in [6.07, 6.45) is 2.31. The summed E-state index contributed by atoms with van der Waals surface area (Å²) in [6.45, 7) is 5.04. The first-order valence-electron chi connectivity index (χ1n) is 15.2. The molecule has 3 heterocycles. The van der Waals surface area contributed by atoms with Crippen LogP contribution in [-0.4, -0.2) is 90.6 Å². The summed E-state index contributed by atoms with van der Waals surface area (Å²) in [4.78, 5) is 22.0. The highest BCUT2D eigenvalue weighted by molar-refractivity contribution is 5.85. The maximum absolute atomic E-state index is 14.0. The van der Waals surface area contributed by atoms with Crippen LogP contribution in [0.4, 0.5) is 18.9 Å². The van der Waals surface area contributed by atoms with Crippen LogP contribution in [-0.2, 0) is 16.1 Å². The third-order valence-electron chi connectivity index (χ3n) is 9.06. The van der Waals surface area contributed by atoms with Crippen LogP contribution in [0.2, 0.25) is 0 Å². The highest BCUT2D eigenvalue weighted by atomic mass is 19.1. The Balaban J connectivity index is 1.27. The largest absolute Gasteiger partial charge is 0.497 e. The fourth-order valence-corrected chi connectivity index (χ4v) is 6.40. The molecule has 0 radical (unpaired) electrons. The third kappa shape index (κ3) is 7.67. The zero-order valence-electron chi connectivity index (χ0n) is 25.3. The number of nitrogens with zero attached hydrogens (tertiary/aromatic N) is 3. The Morgan fingerprint density at radius 3 is 2.47 bits per heavy atom. The average Bonchev–Trinajstić information content (AvgIpc) is 3.05. The monoisotopic (exact) mass is 631 g/mol. The van der Waals surface area contributed by atoms with Gasteiger partial charge in [0.15, 0.2) is 11.6 Å². The number of pyridine rings is 1. The van der Waals surface area contributed by atoms with Crippen molar-refractivity contribution in [2.24, 2.45) is 5.41 Å². The van der Waals surface area contributed by atoms with Crippen LogP contribution in [0.3, 0.4) is 0 Å². The number of aliphatic hydroxyl groups excluding tert-OH is 1. The highest BCUT2D eigenvalue weighted by Crippen LogP contribution is 2.40. The number of halogens is 3. The van der Waals surface area contributed by atoms with Crippen LogP contribution in [0.15, 0.2) is 36.5 Å². The molecule has 0 saturated carbocycles. The van der Waals surface area contributed by atoms with Crippen LogP contribution >= 0.6 is 0 Å². The van der Waals surface area contributed by atoms with E-state index in [1.54, 1.807) is 13.3 Å². The summed E-state index contributed by atoms with van der Waals surface area (Å²) >= 11 is 0. The van der Waals surface area contributed by atoms with Crippen molar-refractivity contribution in [3.63, 3.8) is 0 Å². The lowest BCUT2D eigenvalue weighted by Crippen LogP contribution is -2.49. The molecule has 2 saturated heterocycles. The molecule has 2 aliphatic heterocycles. The number of aromatic nitrogens is 1. The van der Waals surface area contributed by atoms with Crippen molar-refractivity contribution in [1.82, 2.24) is 20.3 Å². The Hall–Kier alpha value is -3.49. The molecule has 2 fully saturated rings. The van der Waals surface area contributed by atoms with E-state index in [9.17, 15) is 28.3 Å². The fourth-order valence-electron chi connectivity index (χ4n) is 6.40. The Bertz CT molecular complexity index is 1460. The van der Waals surface area contributed by atoms with E-state index in [-0.39, 0.29) is 18.7 Å². The molecule has 10 nitrogen and oxygen atoms in total. The summed E-state index contributed by atoms with van der Waals surface area (Å²) in [5.74, 6) is -2.85. The number of methoxy groups -OCH3 is 1. The molecule has 4 N–H and O–H groups in total. The van der Waals surface area contributed by atoms with Gasteiger partial charge in [0.2, 0.25) is 5.91 Å². The van der Waals surface area contributed by atoms with Gasteiger partial charge in [-0.2, -0.15) is 0 Å². The van der Waals surface area contributed by atoms with Gasteiger partial charge in [0, 0.05) is 56.4 Å². The van der Waals surface area contributed by atoms with Gasteiger partial charge in [0.05, 0.1) is 37.4 Å². The molecule has 1 atom stereocenters. The summed E-state index contributed by atoms with van der Waals surface area (Å²) in [5.41, 5.74) is 2.89. The summed E-state index contributed by atoms with van der Waals surface area (Å²) < 4.78 is 52.1. The van der Waals surface area contributed by atoms with Gasteiger partial charge < -0.3 is 24.8 Å². The number of carbonyl (C=O) groups is 1. The lowest BCUT2D eigenvalue weighted by atomic mass is 9.73. The number of hydrogen-bond donors (Lipinski definition) is 4. The number of carbonyl (C=O) groups excluding carboxylic acids is 1.